The average molecular weight is 1540 g/mol. The van der Waals surface area contributed by atoms with Crippen LogP contribution in [0.2, 0.25) is 0 Å². The summed E-state index contributed by atoms with van der Waals surface area (Å²) in [7, 11) is -9.93. The molecule has 0 rings (SSSR count). The molecule has 0 radical (unpaired) electrons. The van der Waals surface area contributed by atoms with Crippen LogP contribution < -0.4 is 0 Å². The van der Waals surface area contributed by atoms with Crippen LogP contribution >= 0.6 is 15.6 Å². The van der Waals surface area contributed by atoms with Crippen LogP contribution in [0.4, 0.5) is 0 Å². The lowest BCUT2D eigenvalue weighted by molar-refractivity contribution is -0.161. The van der Waals surface area contributed by atoms with E-state index in [4.69, 9.17) is 37.0 Å². The molecule has 624 valence electrons. The largest absolute Gasteiger partial charge is 0.472 e. The maximum absolute atomic E-state index is 13.1. The zero-order chi connectivity index (χ0) is 77.2. The third kappa shape index (κ3) is 78.5. The third-order valence-electron chi connectivity index (χ3n) is 20.5. The van der Waals surface area contributed by atoms with Crippen LogP contribution in [0.25, 0.3) is 0 Å². The van der Waals surface area contributed by atoms with Crippen LogP contribution in [-0.2, 0) is 65.4 Å². The molecule has 105 heavy (non-hydrogen) atoms. The van der Waals surface area contributed by atoms with Gasteiger partial charge in [-0.1, -0.05) is 402 Å². The second-order valence-corrected chi connectivity index (χ2v) is 35.0. The van der Waals surface area contributed by atoms with Crippen molar-refractivity contribution in [2.45, 2.75) is 471 Å². The van der Waals surface area contributed by atoms with Crippen LogP contribution in [0.3, 0.4) is 0 Å². The van der Waals surface area contributed by atoms with Crippen molar-refractivity contribution in [3.05, 3.63) is 0 Å². The Kier molecular flexibility index (Phi) is 74.7. The highest BCUT2D eigenvalue weighted by molar-refractivity contribution is 7.47. The fourth-order valence-corrected chi connectivity index (χ4v) is 14.9. The van der Waals surface area contributed by atoms with Gasteiger partial charge in [0.2, 0.25) is 0 Å². The number of hydrogen-bond donors (Lipinski definition) is 3. The van der Waals surface area contributed by atoms with Crippen molar-refractivity contribution < 1.29 is 80.2 Å². The van der Waals surface area contributed by atoms with Crippen molar-refractivity contribution in [2.24, 2.45) is 17.8 Å². The number of aliphatic hydroxyl groups is 1. The molecule has 0 aromatic carbocycles. The van der Waals surface area contributed by atoms with Crippen LogP contribution in [0.15, 0.2) is 0 Å². The van der Waals surface area contributed by atoms with E-state index < -0.39 is 97.5 Å². The predicted octanol–water partition coefficient (Wildman–Crippen LogP) is 26.1. The minimum Gasteiger partial charge on any atom is -0.462 e. The van der Waals surface area contributed by atoms with E-state index in [9.17, 15) is 43.2 Å². The van der Waals surface area contributed by atoms with Gasteiger partial charge in [0.25, 0.3) is 0 Å². The Bertz CT molecular complexity index is 2030. The number of ether oxygens (including phenoxy) is 4. The monoisotopic (exact) mass is 1540 g/mol. The Balaban J connectivity index is 5.20. The lowest BCUT2D eigenvalue weighted by Gasteiger charge is -2.21. The average Bonchev–Trinajstić information content (AvgIpc) is 0.916. The fourth-order valence-electron chi connectivity index (χ4n) is 13.3. The Labute approximate surface area is 645 Å². The Morgan fingerprint density at radius 3 is 0.724 bits per heavy atom. The van der Waals surface area contributed by atoms with Gasteiger partial charge < -0.3 is 33.8 Å². The minimum atomic E-state index is -4.97. The molecule has 0 bridgehead atoms. The molecule has 0 spiro atoms. The molecule has 0 amide bonds. The van der Waals surface area contributed by atoms with Gasteiger partial charge in [-0.15, -0.1) is 0 Å². The molecule has 17 nitrogen and oxygen atoms in total. The van der Waals surface area contributed by atoms with E-state index in [1.807, 2.05) is 0 Å². The second-order valence-electron chi connectivity index (χ2n) is 32.1. The lowest BCUT2D eigenvalue weighted by atomic mass is 9.99. The highest BCUT2D eigenvalue weighted by Gasteiger charge is 2.30. The van der Waals surface area contributed by atoms with Gasteiger partial charge in [-0.2, -0.15) is 0 Å². The molecular formula is C86H168O17P2. The summed E-state index contributed by atoms with van der Waals surface area (Å²) in [6, 6.07) is 0. The molecule has 0 aliphatic carbocycles. The molecule has 0 saturated heterocycles. The molecular weight excluding hydrogens is 1370 g/mol. The van der Waals surface area contributed by atoms with Gasteiger partial charge in [0, 0.05) is 25.7 Å². The minimum absolute atomic E-state index is 0.105. The maximum Gasteiger partial charge on any atom is 0.472 e. The Morgan fingerprint density at radius 2 is 0.486 bits per heavy atom. The molecule has 0 aromatic rings. The van der Waals surface area contributed by atoms with Crippen molar-refractivity contribution in [3.63, 3.8) is 0 Å². The molecule has 3 N–H and O–H groups in total. The highest BCUT2D eigenvalue weighted by atomic mass is 31.2. The SMILES string of the molecule is CCCCCCCCCCCCCCCCCCCCCCCC(=O)OC[C@H](COP(=O)(O)OC[C@@H](O)COP(=O)(O)OC[C@@H](COC(=O)CCCCCCCCC(C)C)OC(=O)CCCCCCCCCCCCC(C)CC)OC(=O)CCCCCCCCCCCCCCCCCCCCC(C)C. The summed E-state index contributed by atoms with van der Waals surface area (Å²) >= 11 is 0. The van der Waals surface area contributed by atoms with E-state index in [0.29, 0.717) is 31.6 Å². The third-order valence-corrected chi connectivity index (χ3v) is 22.4. The molecule has 3 unspecified atom stereocenters. The van der Waals surface area contributed by atoms with E-state index in [2.05, 4.69) is 48.5 Å². The van der Waals surface area contributed by atoms with Gasteiger partial charge in [-0.05, 0) is 43.4 Å². The van der Waals surface area contributed by atoms with Crippen molar-refractivity contribution in [3.8, 4) is 0 Å². The first kappa shape index (κ1) is 103. The van der Waals surface area contributed by atoms with Crippen molar-refractivity contribution in [1.82, 2.24) is 0 Å². The first-order chi connectivity index (χ1) is 50.8. The first-order valence-electron chi connectivity index (χ1n) is 44.4. The van der Waals surface area contributed by atoms with Gasteiger partial charge in [-0.3, -0.25) is 37.3 Å². The van der Waals surface area contributed by atoms with Crippen molar-refractivity contribution >= 4 is 39.5 Å². The number of rotatable bonds is 84. The number of carbonyl (C=O) groups excluding carboxylic acids is 4. The van der Waals surface area contributed by atoms with Gasteiger partial charge >= 0.3 is 39.5 Å². The summed E-state index contributed by atoms with van der Waals surface area (Å²) in [6.45, 7) is 11.9. The summed E-state index contributed by atoms with van der Waals surface area (Å²) in [6.07, 6.45) is 66.9. The maximum atomic E-state index is 13.1. The smallest absolute Gasteiger partial charge is 0.462 e. The number of phosphoric ester groups is 2. The van der Waals surface area contributed by atoms with Gasteiger partial charge in [0.05, 0.1) is 26.4 Å². The van der Waals surface area contributed by atoms with Crippen LogP contribution in [0, 0.1) is 17.8 Å². The lowest BCUT2D eigenvalue weighted by Crippen LogP contribution is -2.30. The number of phosphoric acid groups is 2. The number of esters is 4. The van der Waals surface area contributed by atoms with E-state index in [1.165, 1.54) is 257 Å². The van der Waals surface area contributed by atoms with E-state index in [0.717, 1.165) is 108 Å². The second kappa shape index (κ2) is 76.1. The number of unbranched alkanes of at least 4 members (excludes halogenated alkanes) is 51. The molecule has 19 heteroatoms. The summed E-state index contributed by atoms with van der Waals surface area (Å²) in [5.41, 5.74) is 0. The molecule has 0 heterocycles. The summed E-state index contributed by atoms with van der Waals surface area (Å²) in [5.74, 6) is 0.194. The normalized spacial score (nSPS) is 14.1. The van der Waals surface area contributed by atoms with Crippen LogP contribution in [-0.4, -0.2) is 96.7 Å². The number of carbonyl (C=O) groups is 4. The number of hydrogen-bond acceptors (Lipinski definition) is 15. The quantitative estimate of drug-likeness (QED) is 0.0222. The summed E-state index contributed by atoms with van der Waals surface area (Å²) in [4.78, 5) is 73.1. The van der Waals surface area contributed by atoms with E-state index in [-0.39, 0.29) is 25.7 Å². The van der Waals surface area contributed by atoms with Crippen molar-refractivity contribution in [1.29, 1.82) is 0 Å². The van der Waals surface area contributed by atoms with Gasteiger partial charge in [0.1, 0.15) is 19.3 Å². The highest BCUT2D eigenvalue weighted by Crippen LogP contribution is 2.45. The molecule has 0 fully saturated rings. The van der Waals surface area contributed by atoms with Gasteiger partial charge in [-0.25, -0.2) is 9.13 Å². The standard InChI is InChI=1S/C86H168O17P2/c1-8-10-11-12-13-14-15-16-17-18-19-20-21-25-28-31-34-40-45-53-60-67-83(88)96-73-81(102-85(90)69-62-55-46-41-35-32-29-26-23-22-24-27-30-33-38-43-50-57-64-77(3)4)75-100-104(92,93)98-71-80(87)72-99-105(94,95)101-76-82(74-97-84(89)68-61-54-49-48-51-58-65-78(5)6)103-86(91)70-63-56-47-42-37-36-39-44-52-59-66-79(7)9-2/h77-82,87H,8-76H2,1-7H3,(H,92,93)(H,94,95)/t79?,80-,81-,82-/m1/s1. The predicted molar refractivity (Wildman–Crippen MR) is 432 cm³/mol. The first-order valence-corrected chi connectivity index (χ1v) is 47.4. The molecule has 0 saturated carbocycles. The van der Waals surface area contributed by atoms with Crippen LogP contribution in [0.1, 0.15) is 453 Å². The van der Waals surface area contributed by atoms with Crippen LogP contribution in [0.5, 0.6) is 0 Å². The molecule has 0 aromatic heterocycles. The molecule has 0 aliphatic heterocycles. The van der Waals surface area contributed by atoms with E-state index in [1.54, 1.807) is 0 Å². The summed E-state index contributed by atoms with van der Waals surface area (Å²) < 4.78 is 68.8. The summed E-state index contributed by atoms with van der Waals surface area (Å²) in [5, 5.41) is 10.7. The van der Waals surface area contributed by atoms with E-state index >= 15 is 0 Å². The Hall–Kier alpha value is -1.94. The number of aliphatic hydroxyl groups excluding tert-OH is 1. The fraction of sp³-hybridized carbons (Fsp3) is 0.953. The Morgan fingerprint density at radius 1 is 0.276 bits per heavy atom. The van der Waals surface area contributed by atoms with Gasteiger partial charge in [0.15, 0.2) is 12.2 Å². The zero-order valence-corrected chi connectivity index (χ0v) is 71.0. The zero-order valence-electron chi connectivity index (χ0n) is 69.2. The van der Waals surface area contributed by atoms with Crippen molar-refractivity contribution in [2.75, 3.05) is 39.6 Å². The molecule has 0 aliphatic rings. The molecule has 6 atom stereocenters. The topological polar surface area (TPSA) is 237 Å².